The van der Waals surface area contributed by atoms with Gasteiger partial charge in [0.25, 0.3) is 0 Å². The monoisotopic (exact) mass is 262 g/mol. The molecule has 3 N–H and O–H groups in total. The molecule has 1 saturated heterocycles. The Labute approximate surface area is 112 Å². The van der Waals surface area contributed by atoms with E-state index in [-0.39, 0.29) is 17.4 Å². The standard InChI is InChI=1S/C14H18N2O3/c1-2-10-3-4-11(14(18)19)6-12(10)16-8-9(7-15)5-13(16)17/h3-4,6,9H,2,5,7-8,15H2,1H3,(H,18,19). The molecule has 0 aliphatic carbocycles. The summed E-state index contributed by atoms with van der Waals surface area (Å²) in [6.07, 6.45) is 1.20. The number of carbonyl (C=O) groups excluding carboxylic acids is 1. The topological polar surface area (TPSA) is 83.6 Å². The minimum absolute atomic E-state index is 0.0210. The molecule has 5 nitrogen and oxygen atoms in total. The van der Waals surface area contributed by atoms with Crippen molar-refractivity contribution in [2.75, 3.05) is 18.0 Å². The molecule has 1 unspecified atom stereocenters. The Kier molecular flexibility index (Phi) is 3.85. The van der Waals surface area contributed by atoms with Crippen LogP contribution in [0.4, 0.5) is 5.69 Å². The second-order valence-electron chi connectivity index (χ2n) is 4.81. The van der Waals surface area contributed by atoms with Crippen molar-refractivity contribution in [3.63, 3.8) is 0 Å². The molecule has 0 aromatic heterocycles. The molecule has 1 aliphatic rings. The van der Waals surface area contributed by atoms with Crippen molar-refractivity contribution in [2.45, 2.75) is 19.8 Å². The molecule has 1 aliphatic heterocycles. The number of rotatable bonds is 4. The highest BCUT2D eigenvalue weighted by Gasteiger charge is 2.31. The first-order chi connectivity index (χ1) is 9.06. The second-order valence-corrected chi connectivity index (χ2v) is 4.81. The van der Waals surface area contributed by atoms with Crippen LogP contribution in [0.2, 0.25) is 0 Å². The first-order valence-corrected chi connectivity index (χ1v) is 6.43. The maximum Gasteiger partial charge on any atom is 0.335 e. The summed E-state index contributed by atoms with van der Waals surface area (Å²) in [7, 11) is 0. The summed E-state index contributed by atoms with van der Waals surface area (Å²) < 4.78 is 0. The van der Waals surface area contributed by atoms with E-state index in [1.54, 1.807) is 23.1 Å². The van der Waals surface area contributed by atoms with Crippen molar-refractivity contribution in [3.05, 3.63) is 29.3 Å². The minimum atomic E-state index is -0.981. The first-order valence-electron chi connectivity index (χ1n) is 6.43. The molecule has 5 heteroatoms. The van der Waals surface area contributed by atoms with Crippen LogP contribution in [0.1, 0.15) is 29.3 Å². The minimum Gasteiger partial charge on any atom is -0.478 e. The summed E-state index contributed by atoms with van der Waals surface area (Å²) in [6.45, 7) is 3.04. The van der Waals surface area contributed by atoms with E-state index < -0.39 is 5.97 Å². The molecule has 1 aromatic carbocycles. The van der Waals surface area contributed by atoms with Crippen LogP contribution in [0.25, 0.3) is 0 Å². The maximum atomic E-state index is 12.0. The predicted molar refractivity (Wildman–Crippen MR) is 72.3 cm³/mol. The number of aryl methyl sites for hydroxylation is 1. The fraction of sp³-hybridized carbons (Fsp3) is 0.429. The van der Waals surface area contributed by atoms with E-state index in [0.29, 0.717) is 25.2 Å². The van der Waals surface area contributed by atoms with Gasteiger partial charge in [-0.15, -0.1) is 0 Å². The smallest absolute Gasteiger partial charge is 0.335 e. The predicted octanol–water partition coefficient (Wildman–Crippen LogP) is 1.26. The van der Waals surface area contributed by atoms with Crippen molar-refractivity contribution in [3.8, 4) is 0 Å². The van der Waals surface area contributed by atoms with Crippen LogP contribution in [0.3, 0.4) is 0 Å². The molecule has 0 bridgehead atoms. The van der Waals surface area contributed by atoms with Crippen LogP contribution < -0.4 is 10.6 Å². The highest BCUT2D eigenvalue weighted by molar-refractivity contribution is 5.98. The largest absolute Gasteiger partial charge is 0.478 e. The van der Waals surface area contributed by atoms with Gasteiger partial charge in [-0.3, -0.25) is 4.79 Å². The molecule has 102 valence electrons. The fourth-order valence-corrected chi connectivity index (χ4v) is 2.42. The third-order valence-electron chi connectivity index (χ3n) is 3.54. The molecular weight excluding hydrogens is 244 g/mol. The van der Waals surface area contributed by atoms with Crippen LogP contribution in [-0.2, 0) is 11.2 Å². The van der Waals surface area contributed by atoms with Crippen molar-refractivity contribution < 1.29 is 14.7 Å². The zero-order valence-electron chi connectivity index (χ0n) is 10.9. The zero-order chi connectivity index (χ0) is 14.0. The van der Waals surface area contributed by atoms with Crippen molar-refractivity contribution >= 4 is 17.6 Å². The molecule has 0 radical (unpaired) electrons. The van der Waals surface area contributed by atoms with Gasteiger partial charge in [-0.1, -0.05) is 13.0 Å². The van der Waals surface area contributed by atoms with Crippen LogP contribution in [0.5, 0.6) is 0 Å². The number of hydrogen-bond acceptors (Lipinski definition) is 3. The van der Waals surface area contributed by atoms with Gasteiger partial charge in [0.1, 0.15) is 0 Å². The number of aromatic carboxylic acids is 1. The number of nitrogens with zero attached hydrogens (tertiary/aromatic N) is 1. The van der Waals surface area contributed by atoms with Gasteiger partial charge in [0.15, 0.2) is 0 Å². The number of amides is 1. The number of anilines is 1. The Morgan fingerprint density at radius 2 is 2.26 bits per heavy atom. The Bertz CT molecular complexity index is 513. The molecule has 1 amide bonds. The Hall–Kier alpha value is -1.88. The normalized spacial score (nSPS) is 18.9. The molecule has 19 heavy (non-hydrogen) atoms. The van der Waals surface area contributed by atoms with Gasteiger partial charge in [0.2, 0.25) is 5.91 Å². The van der Waals surface area contributed by atoms with Gasteiger partial charge < -0.3 is 15.7 Å². The van der Waals surface area contributed by atoms with Crippen molar-refractivity contribution in [1.82, 2.24) is 0 Å². The summed E-state index contributed by atoms with van der Waals surface area (Å²) in [6, 6.07) is 4.94. The number of nitrogens with two attached hydrogens (primary N) is 1. The molecule has 1 aromatic rings. The Morgan fingerprint density at radius 1 is 1.53 bits per heavy atom. The summed E-state index contributed by atoms with van der Waals surface area (Å²) in [5, 5.41) is 9.06. The van der Waals surface area contributed by atoms with Crippen LogP contribution in [0.15, 0.2) is 18.2 Å². The molecule has 2 rings (SSSR count). The van der Waals surface area contributed by atoms with Crippen LogP contribution in [0, 0.1) is 5.92 Å². The van der Waals surface area contributed by atoms with E-state index in [9.17, 15) is 9.59 Å². The van der Waals surface area contributed by atoms with Crippen LogP contribution in [-0.4, -0.2) is 30.1 Å². The number of carboxylic acid groups (broad SMARTS) is 1. The molecular formula is C14H18N2O3. The number of hydrogen-bond donors (Lipinski definition) is 2. The van der Waals surface area contributed by atoms with Gasteiger partial charge in [-0.2, -0.15) is 0 Å². The highest BCUT2D eigenvalue weighted by Crippen LogP contribution is 2.29. The average molecular weight is 262 g/mol. The van der Waals surface area contributed by atoms with Gasteiger partial charge in [-0.05, 0) is 36.6 Å². The van der Waals surface area contributed by atoms with Crippen molar-refractivity contribution in [1.29, 1.82) is 0 Å². The van der Waals surface area contributed by atoms with E-state index >= 15 is 0 Å². The summed E-state index contributed by atoms with van der Waals surface area (Å²) in [4.78, 5) is 24.7. The van der Waals surface area contributed by atoms with E-state index in [0.717, 1.165) is 12.0 Å². The lowest BCUT2D eigenvalue weighted by Crippen LogP contribution is -2.27. The van der Waals surface area contributed by atoms with Gasteiger partial charge >= 0.3 is 5.97 Å². The number of carboxylic acids is 1. The van der Waals surface area contributed by atoms with E-state index in [2.05, 4.69) is 0 Å². The molecule has 1 atom stereocenters. The molecule has 1 fully saturated rings. The maximum absolute atomic E-state index is 12.0. The summed E-state index contributed by atoms with van der Waals surface area (Å²) >= 11 is 0. The van der Waals surface area contributed by atoms with Gasteiger partial charge in [0, 0.05) is 18.7 Å². The van der Waals surface area contributed by atoms with E-state index in [1.807, 2.05) is 6.92 Å². The second kappa shape index (κ2) is 5.40. The molecule has 1 heterocycles. The summed E-state index contributed by atoms with van der Waals surface area (Å²) in [5.74, 6) is -0.802. The fourth-order valence-electron chi connectivity index (χ4n) is 2.42. The molecule has 0 spiro atoms. The summed E-state index contributed by atoms with van der Waals surface area (Å²) in [5.41, 5.74) is 7.51. The zero-order valence-corrected chi connectivity index (χ0v) is 10.9. The number of benzene rings is 1. The van der Waals surface area contributed by atoms with Gasteiger partial charge in [-0.25, -0.2) is 4.79 Å². The first kappa shape index (κ1) is 13.5. The van der Waals surface area contributed by atoms with Gasteiger partial charge in [0.05, 0.1) is 5.56 Å². The SMILES string of the molecule is CCc1ccc(C(=O)O)cc1N1CC(CN)CC1=O. The number of carbonyl (C=O) groups is 2. The third kappa shape index (κ3) is 2.61. The van der Waals surface area contributed by atoms with E-state index in [4.69, 9.17) is 10.8 Å². The Balaban J connectivity index is 2.39. The highest BCUT2D eigenvalue weighted by atomic mass is 16.4. The lowest BCUT2D eigenvalue weighted by molar-refractivity contribution is -0.117. The third-order valence-corrected chi connectivity index (χ3v) is 3.54. The average Bonchev–Trinajstić information content (AvgIpc) is 2.79. The van der Waals surface area contributed by atoms with Crippen molar-refractivity contribution in [2.24, 2.45) is 11.7 Å². The van der Waals surface area contributed by atoms with Crippen LogP contribution >= 0.6 is 0 Å². The lowest BCUT2D eigenvalue weighted by Gasteiger charge is -2.20. The Morgan fingerprint density at radius 3 is 2.79 bits per heavy atom. The molecule has 0 saturated carbocycles. The quantitative estimate of drug-likeness (QED) is 0.855. The van der Waals surface area contributed by atoms with E-state index in [1.165, 1.54) is 0 Å². The lowest BCUT2D eigenvalue weighted by atomic mass is 10.1.